The highest BCUT2D eigenvalue weighted by atomic mass is 16.6. The quantitative estimate of drug-likeness (QED) is 0.755. The minimum Gasteiger partial charge on any atom is -0.463 e. The van der Waals surface area contributed by atoms with Gasteiger partial charge in [-0.25, -0.2) is 0 Å². The third-order valence-corrected chi connectivity index (χ3v) is 4.83. The molecule has 0 spiro atoms. The smallest absolute Gasteiger partial charge is 0.307 e. The van der Waals surface area contributed by atoms with Crippen LogP contribution in [0.4, 0.5) is 0 Å². The highest BCUT2D eigenvalue weighted by Crippen LogP contribution is 2.28. The van der Waals surface area contributed by atoms with Crippen molar-refractivity contribution >= 4 is 5.97 Å². The van der Waals surface area contributed by atoms with Gasteiger partial charge in [-0.05, 0) is 44.3 Å². The number of rotatable bonds is 6. The molecule has 0 unspecified atom stereocenters. The molecule has 126 valence electrons. The van der Waals surface area contributed by atoms with Gasteiger partial charge in [-0.15, -0.1) is 0 Å². The lowest BCUT2D eigenvalue weighted by Gasteiger charge is -2.34. The normalized spacial score (nSPS) is 23.6. The zero-order chi connectivity index (χ0) is 15.9. The van der Waals surface area contributed by atoms with Gasteiger partial charge in [0, 0.05) is 12.6 Å². The molecule has 0 aliphatic carbocycles. The molecule has 1 aromatic rings. The third-order valence-electron chi connectivity index (χ3n) is 4.83. The van der Waals surface area contributed by atoms with Crippen molar-refractivity contribution in [2.75, 3.05) is 26.3 Å². The topological polar surface area (TPSA) is 38.8 Å². The molecule has 2 aliphatic heterocycles. The molecule has 4 nitrogen and oxygen atoms in total. The first-order valence-electron chi connectivity index (χ1n) is 8.89. The summed E-state index contributed by atoms with van der Waals surface area (Å²) in [6.07, 6.45) is 6.33. The van der Waals surface area contributed by atoms with Crippen LogP contribution in [0, 0.1) is 0 Å². The number of benzene rings is 1. The summed E-state index contributed by atoms with van der Waals surface area (Å²) in [6, 6.07) is 10.5. The Bertz CT molecular complexity index is 479. The fourth-order valence-electron chi connectivity index (χ4n) is 3.54. The van der Waals surface area contributed by atoms with Gasteiger partial charge in [-0.1, -0.05) is 36.8 Å². The van der Waals surface area contributed by atoms with E-state index in [-0.39, 0.29) is 18.1 Å². The Morgan fingerprint density at radius 3 is 2.65 bits per heavy atom. The van der Waals surface area contributed by atoms with E-state index in [0.717, 1.165) is 32.5 Å². The second-order valence-corrected chi connectivity index (χ2v) is 6.55. The number of hydrogen-bond acceptors (Lipinski definition) is 4. The van der Waals surface area contributed by atoms with Crippen LogP contribution in [0.5, 0.6) is 0 Å². The van der Waals surface area contributed by atoms with Gasteiger partial charge in [0.05, 0.1) is 12.5 Å². The maximum absolute atomic E-state index is 12.3. The van der Waals surface area contributed by atoms with E-state index in [0.29, 0.717) is 13.0 Å². The van der Waals surface area contributed by atoms with E-state index < -0.39 is 0 Å². The lowest BCUT2D eigenvalue weighted by atomic mass is 9.99. The number of hydrogen-bond donors (Lipinski definition) is 0. The average molecular weight is 317 g/mol. The first kappa shape index (κ1) is 16.5. The maximum Gasteiger partial charge on any atom is 0.307 e. The predicted octanol–water partition coefficient (Wildman–Crippen LogP) is 3.33. The van der Waals surface area contributed by atoms with Crippen molar-refractivity contribution in [3.63, 3.8) is 0 Å². The standard InChI is InChI=1S/C19H27NO3/c21-19(23-15-17-10-7-13-22-17)14-18(16-8-3-1-4-9-16)20-11-5-2-6-12-20/h1,3-4,8-9,17-18H,2,5-7,10-15H2/t17-,18+/m0/s1. The van der Waals surface area contributed by atoms with Crippen LogP contribution in [0.1, 0.15) is 50.1 Å². The second-order valence-electron chi connectivity index (χ2n) is 6.55. The Balaban J connectivity index is 1.59. The predicted molar refractivity (Wildman–Crippen MR) is 89.2 cm³/mol. The van der Waals surface area contributed by atoms with E-state index in [4.69, 9.17) is 9.47 Å². The summed E-state index contributed by atoms with van der Waals surface area (Å²) in [7, 11) is 0. The molecule has 0 N–H and O–H groups in total. The molecule has 2 saturated heterocycles. The molecule has 4 heteroatoms. The van der Waals surface area contributed by atoms with E-state index in [1.807, 2.05) is 18.2 Å². The summed E-state index contributed by atoms with van der Waals surface area (Å²) >= 11 is 0. The summed E-state index contributed by atoms with van der Waals surface area (Å²) in [6.45, 7) is 3.33. The van der Waals surface area contributed by atoms with Crippen molar-refractivity contribution in [3.05, 3.63) is 35.9 Å². The van der Waals surface area contributed by atoms with Crippen molar-refractivity contribution in [1.29, 1.82) is 0 Å². The van der Waals surface area contributed by atoms with Crippen LogP contribution < -0.4 is 0 Å². The molecule has 2 fully saturated rings. The zero-order valence-corrected chi connectivity index (χ0v) is 13.8. The van der Waals surface area contributed by atoms with Crippen LogP contribution in [0.25, 0.3) is 0 Å². The average Bonchev–Trinajstić information content (AvgIpc) is 3.13. The number of ether oxygens (including phenoxy) is 2. The Morgan fingerprint density at radius 1 is 1.17 bits per heavy atom. The molecule has 1 aromatic carbocycles. The summed E-state index contributed by atoms with van der Waals surface area (Å²) in [5.74, 6) is -0.111. The van der Waals surface area contributed by atoms with E-state index in [1.54, 1.807) is 0 Å². The molecule has 0 bridgehead atoms. The monoisotopic (exact) mass is 317 g/mol. The molecular weight excluding hydrogens is 290 g/mol. The van der Waals surface area contributed by atoms with Gasteiger partial charge in [0.2, 0.25) is 0 Å². The Kier molecular flexibility index (Phi) is 6.06. The van der Waals surface area contributed by atoms with Crippen molar-refractivity contribution < 1.29 is 14.3 Å². The van der Waals surface area contributed by atoms with Gasteiger partial charge >= 0.3 is 5.97 Å². The highest BCUT2D eigenvalue weighted by Gasteiger charge is 2.26. The van der Waals surface area contributed by atoms with Crippen molar-refractivity contribution in [3.8, 4) is 0 Å². The largest absolute Gasteiger partial charge is 0.463 e. The van der Waals surface area contributed by atoms with Crippen molar-refractivity contribution in [1.82, 2.24) is 4.90 Å². The fourth-order valence-corrected chi connectivity index (χ4v) is 3.54. The summed E-state index contributed by atoms with van der Waals surface area (Å²) in [5.41, 5.74) is 1.21. The van der Waals surface area contributed by atoms with Crippen LogP contribution in [0.3, 0.4) is 0 Å². The fraction of sp³-hybridized carbons (Fsp3) is 0.632. The van der Waals surface area contributed by atoms with Gasteiger partial charge in [-0.3, -0.25) is 9.69 Å². The first-order valence-corrected chi connectivity index (χ1v) is 8.89. The number of esters is 1. The number of nitrogens with zero attached hydrogens (tertiary/aromatic N) is 1. The number of likely N-dealkylation sites (tertiary alicyclic amines) is 1. The molecule has 0 saturated carbocycles. The Morgan fingerprint density at radius 2 is 1.96 bits per heavy atom. The van der Waals surface area contributed by atoms with Gasteiger partial charge in [0.25, 0.3) is 0 Å². The van der Waals surface area contributed by atoms with Gasteiger partial charge < -0.3 is 9.47 Å². The molecule has 0 aromatic heterocycles. The summed E-state index contributed by atoms with van der Waals surface area (Å²) in [4.78, 5) is 14.8. The van der Waals surface area contributed by atoms with Gasteiger partial charge in [0.15, 0.2) is 0 Å². The van der Waals surface area contributed by atoms with Crippen molar-refractivity contribution in [2.24, 2.45) is 0 Å². The van der Waals surface area contributed by atoms with Gasteiger partial charge in [0.1, 0.15) is 6.61 Å². The molecule has 0 amide bonds. The van der Waals surface area contributed by atoms with E-state index in [2.05, 4.69) is 17.0 Å². The van der Waals surface area contributed by atoms with Crippen LogP contribution >= 0.6 is 0 Å². The van der Waals surface area contributed by atoms with E-state index in [1.165, 1.54) is 24.8 Å². The molecule has 2 heterocycles. The molecule has 23 heavy (non-hydrogen) atoms. The van der Waals surface area contributed by atoms with E-state index >= 15 is 0 Å². The number of carbonyl (C=O) groups is 1. The van der Waals surface area contributed by atoms with Crippen LogP contribution in [0.2, 0.25) is 0 Å². The zero-order valence-electron chi connectivity index (χ0n) is 13.8. The van der Waals surface area contributed by atoms with Crippen LogP contribution in [-0.4, -0.2) is 43.3 Å². The van der Waals surface area contributed by atoms with E-state index in [9.17, 15) is 4.79 Å². The van der Waals surface area contributed by atoms with Crippen LogP contribution in [0.15, 0.2) is 30.3 Å². The Hall–Kier alpha value is -1.39. The minimum atomic E-state index is -0.111. The molecule has 2 atom stereocenters. The van der Waals surface area contributed by atoms with Crippen molar-refractivity contribution in [2.45, 2.75) is 50.7 Å². The lowest BCUT2D eigenvalue weighted by Crippen LogP contribution is -2.35. The van der Waals surface area contributed by atoms with Crippen LogP contribution in [-0.2, 0) is 14.3 Å². The first-order chi connectivity index (χ1) is 11.3. The highest BCUT2D eigenvalue weighted by molar-refractivity contribution is 5.70. The SMILES string of the molecule is O=C(C[C@H](c1ccccc1)N1CCCCC1)OC[C@@H]1CCCO1. The lowest BCUT2D eigenvalue weighted by molar-refractivity contribution is -0.148. The second kappa shape index (κ2) is 8.46. The molecular formula is C19H27NO3. The summed E-state index contributed by atoms with van der Waals surface area (Å²) < 4.78 is 11.0. The number of piperidine rings is 1. The summed E-state index contributed by atoms with van der Waals surface area (Å²) in [5, 5.41) is 0. The molecule has 3 rings (SSSR count). The van der Waals surface area contributed by atoms with Gasteiger partial charge in [-0.2, -0.15) is 0 Å². The third kappa shape index (κ3) is 4.79. The minimum absolute atomic E-state index is 0.101. The Labute approximate surface area is 138 Å². The maximum atomic E-state index is 12.3. The number of carbonyl (C=O) groups excluding carboxylic acids is 1. The molecule has 2 aliphatic rings. The molecule has 0 radical (unpaired) electrons.